The Morgan fingerprint density at radius 3 is 1.58 bits per heavy atom. The number of carbonyl (C=O) groups is 1. The maximum atomic E-state index is 12.0. The highest BCUT2D eigenvalue weighted by Gasteiger charge is 2.25. The summed E-state index contributed by atoms with van der Waals surface area (Å²) in [6, 6.07) is 15.4. The van der Waals surface area contributed by atoms with Crippen molar-refractivity contribution in [2.75, 3.05) is 26.2 Å². The average Bonchev–Trinajstić information content (AvgIpc) is 2.90. The predicted octanol–water partition coefficient (Wildman–Crippen LogP) is 6.47. The quantitative estimate of drug-likeness (QED) is 0.209. The van der Waals surface area contributed by atoms with Crippen molar-refractivity contribution >= 4 is 5.97 Å². The van der Waals surface area contributed by atoms with Gasteiger partial charge in [0.05, 0.1) is 0 Å². The summed E-state index contributed by atoms with van der Waals surface area (Å²) in [5.74, 6) is -0.293. The standard InChI is InChI=1S/C31H40N2O5/c1-8-32(9-2)37-24-14-12-20(5)26(18-24)29(23-16-22(7)30(34)28(17-23)31(35)36)27-19-25(15-13-21(27)6)38-33(10-3)11-4/h12-19,29,34H,8-11H2,1-7H3,(H,35,36). The highest BCUT2D eigenvalue weighted by molar-refractivity contribution is 5.91. The molecule has 0 aromatic heterocycles. The third-order valence-corrected chi connectivity index (χ3v) is 6.89. The Labute approximate surface area is 226 Å². The predicted molar refractivity (Wildman–Crippen MR) is 150 cm³/mol. The topological polar surface area (TPSA) is 82.5 Å². The van der Waals surface area contributed by atoms with Crippen LogP contribution in [0.5, 0.6) is 17.2 Å². The van der Waals surface area contributed by atoms with E-state index in [0.717, 1.165) is 54.0 Å². The molecule has 0 unspecified atom stereocenters. The van der Waals surface area contributed by atoms with Gasteiger partial charge in [-0.25, -0.2) is 4.79 Å². The summed E-state index contributed by atoms with van der Waals surface area (Å²) < 4.78 is 0. The number of aryl methyl sites for hydroxylation is 3. The Kier molecular flexibility index (Phi) is 9.78. The van der Waals surface area contributed by atoms with Crippen molar-refractivity contribution in [1.82, 2.24) is 10.1 Å². The summed E-state index contributed by atoms with van der Waals surface area (Å²) in [5.41, 5.74) is 5.21. The number of benzene rings is 3. The molecule has 38 heavy (non-hydrogen) atoms. The number of rotatable bonds is 12. The summed E-state index contributed by atoms with van der Waals surface area (Å²) >= 11 is 0. The monoisotopic (exact) mass is 520 g/mol. The molecule has 3 aromatic carbocycles. The van der Waals surface area contributed by atoms with E-state index in [1.54, 1.807) is 13.0 Å². The molecule has 7 heteroatoms. The lowest BCUT2D eigenvalue weighted by atomic mass is 9.80. The van der Waals surface area contributed by atoms with E-state index in [1.165, 1.54) is 0 Å². The van der Waals surface area contributed by atoms with Crippen molar-refractivity contribution in [3.05, 3.63) is 87.5 Å². The van der Waals surface area contributed by atoms with Crippen LogP contribution >= 0.6 is 0 Å². The highest BCUT2D eigenvalue weighted by atomic mass is 16.7. The first-order chi connectivity index (χ1) is 18.1. The lowest BCUT2D eigenvalue weighted by Gasteiger charge is -2.26. The second-order valence-corrected chi connectivity index (χ2v) is 9.42. The number of hydrogen-bond acceptors (Lipinski definition) is 6. The summed E-state index contributed by atoms with van der Waals surface area (Å²) in [6.07, 6.45) is 0. The van der Waals surface area contributed by atoms with Gasteiger partial charge in [-0.15, -0.1) is 10.1 Å². The van der Waals surface area contributed by atoms with Crippen LogP contribution < -0.4 is 9.68 Å². The first kappa shape index (κ1) is 29.0. The molecule has 0 radical (unpaired) electrons. The van der Waals surface area contributed by atoms with E-state index in [4.69, 9.17) is 9.68 Å². The Morgan fingerprint density at radius 1 is 0.737 bits per heavy atom. The SMILES string of the molecule is CCN(CC)Oc1ccc(C)c(C(c2cc(C)c(O)c(C(=O)O)c2)c2cc(ON(CC)CC)ccc2C)c1. The minimum Gasteiger partial charge on any atom is -0.507 e. The van der Waals surface area contributed by atoms with Gasteiger partial charge >= 0.3 is 5.97 Å². The number of nitrogens with zero attached hydrogens (tertiary/aromatic N) is 2. The summed E-state index contributed by atoms with van der Waals surface area (Å²) in [4.78, 5) is 24.3. The Morgan fingerprint density at radius 2 is 1.18 bits per heavy atom. The number of carboxylic acids is 1. The smallest absolute Gasteiger partial charge is 0.339 e. The zero-order valence-electron chi connectivity index (χ0n) is 23.5. The van der Waals surface area contributed by atoms with Crippen molar-refractivity contribution in [3.8, 4) is 17.2 Å². The van der Waals surface area contributed by atoms with Gasteiger partial charge in [-0.3, -0.25) is 0 Å². The minimum absolute atomic E-state index is 0.119. The van der Waals surface area contributed by atoms with E-state index in [-0.39, 0.29) is 17.2 Å². The van der Waals surface area contributed by atoms with Crippen LogP contribution in [-0.2, 0) is 0 Å². The van der Waals surface area contributed by atoms with Crippen molar-refractivity contribution < 1.29 is 24.7 Å². The average molecular weight is 521 g/mol. The van der Waals surface area contributed by atoms with E-state index in [0.29, 0.717) is 17.1 Å². The van der Waals surface area contributed by atoms with Crippen LogP contribution in [0.3, 0.4) is 0 Å². The van der Waals surface area contributed by atoms with Crippen LogP contribution in [0.25, 0.3) is 0 Å². The molecule has 0 aliphatic heterocycles. The van der Waals surface area contributed by atoms with E-state index < -0.39 is 5.97 Å². The molecule has 0 spiro atoms. The van der Waals surface area contributed by atoms with Crippen molar-refractivity contribution in [3.63, 3.8) is 0 Å². The fourth-order valence-corrected chi connectivity index (χ4v) is 4.64. The van der Waals surface area contributed by atoms with Gasteiger partial charge in [-0.1, -0.05) is 18.2 Å². The molecule has 0 saturated heterocycles. The largest absolute Gasteiger partial charge is 0.507 e. The normalized spacial score (nSPS) is 11.4. The van der Waals surface area contributed by atoms with Crippen molar-refractivity contribution in [2.45, 2.75) is 54.4 Å². The molecule has 0 saturated carbocycles. The van der Waals surface area contributed by atoms with Crippen LogP contribution in [-0.4, -0.2) is 52.5 Å². The first-order valence-corrected chi connectivity index (χ1v) is 13.3. The molecule has 204 valence electrons. The van der Waals surface area contributed by atoms with Gasteiger partial charge in [0.15, 0.2) is 0 Å². The van der Waals surface area contributed by atoms with E-state index in [2.05, 4.69) is 0 Å². The number of aromatic carboxylic acids is 1. The lowest BCUT2D eigenvalue weighted by molar-refractivity contribution is -0.0487. The fourth-order valence-electron chi connectivity index (χ4n) is 4.64. The first-order valence-electron chi connectivity index (χ1n) is 13.3. The molecule has 0 bridgehead atoms. The van der Waals surface area contributed by atoms with Gasteiger partial charge in [0.2, 0.25) is 0 Å². The second-order valence-electron chi connectivity index (χ2n) is 9.42. The summed E-state index contributed by atoms with van der Waals surface area (Å²) in [7, 11) is 0. The molecule has 0 amide bonds. The highest BCUT2D eigenvalue weighted by Crippen LogP contribution is 2.41. The summed E-state index contributed by atoms with van der Waals surface area (Å²) in [5, 5.41) is 24.1. The van der Waals surface area contributed by atoms with Crippen LogP contribution in [0.4, 0.5) is 0 Å². The second kappa shape index (κ2) is 12.8. The fraction of sp³-hybridized carbons (Fsp3) is 0.387. The van der Waals surface area contributed by atoms with Crippen LogP contribution in [0.2, 0.25) is 0 Å². The van der Waals surface area contributed by atoms with Gasteiger partial charge in [-0.2, -0.15) is 0 Å². The maximum Gasteiger partial charge on any atom is 0.339 e. The molecular formula is C31H40N2O5. The minimum atomic E-state index is -1.17. The van der Waals surface area contributed by atoms with Gasteiger partial charge in [0, 0.05) is 32.1 Å². The zero-order chi connectivity index (χ0) is 28.0. The van der Waals surface area contributed by atoms with Gasteiger partial charge in [0.25, 0.3) is 0 Å². The van der Waals surface area contributed by atoms with Gasteiger partial charge < -0.3 is 19.9 Å². The molecule has 0 aliphatic carbocycles. The number of carboxylic acid groups (broad SMARTS) is 1. The molecular weight excluding hydrogens is 480 g/mol. The molecule has 0 aliphatic rings. The molecule has 3 rings (SSSR count). The third-order valence-electron chi connectivity index (χ3n) is 6.89. The van der Waals surface area contributed by atoms with Crippen LogP contribution in [0.15, 0.2) is 48.5 Å². The number of hydrogen-bond donors (Lipinski definition) is 2. The maximum absolute atomic E-state index is 12.0. The molecule has 0 atom stereocenters. The molecule has 0 heterocycles. The Balaban J connectivity index is 2.28. The van der Waals surface area contributed by atoms with Crippen LogP contribution in [0.1, 0.15) is 77.4 Å². The van der Waals surface area contributed by atoms with Gasteiger partial charge in [0.1, 0.15) is 22.8 Å². The van der Waals surface area contributed by atoms with E-state index in [9.17, 15) is 15.0 Å². The van der Waals surface area contributed by atoms with Crippen LogP contribution in [0, 0.1) is 20.8 Å². The zero-order valence-corrected chi connectivity index (χ0v) is 23.5. The van der Waals surface area contributed by atoms with Crippen molar-refractivity contribution in [2.24, 2.45) is 0 Å². The number of hydroxylamine groups is 4. The van der Waals surface area contributed by atoms with E-state index >= 15 is 0 Å². The number of phenols is 1. The van der Waals surface area contributed by atoms with Crippen molar-refractivity contribution in [1.29, 1.82) is 0 Å². The Hall–Kier alpha value is -3.55. The summed E-state index contributed by atoms with van der Waals surface area (Å²) in [6.45, 7) is 16.9. The lowest BCUT2D eigenvalue weighted by Crippen LogP contribution is -2.27. The Bertz CT molecular complexity index is 1200. The molecule has 3 aromatic rings. The molecule has 0 fully saturated rings. The molecule has 2 N–H and O–H groups in total. The number of aromatic hydroxyl groups is 1. The molecule has 7 nitrogen and oxygen atoms in total. The van der Waals surface area contributed by atoms with E-state index in [1.807, 2.05) is 94.1 Å². The third kappa shape index (κ3) is 6.47. The van der Waals surface area contributed by atoms with Gasteiger partial charge in [-0.05, 0) is 112 Å².